The van der Waals surface area contributed by atoms with E-state index in [1.807, 2.05) is 0 Å². The van der Waals surface area contributed by atoms with E-state index in [1.165, 1.54) is 12.1 Å². The molecule has 0 amide bonds. The highest BCUT2D eigenvalue weighted by molar-refractivity contribution is 5.37. The van der Waals surface area contributed by atoms with E-state index in [-0.39, 0.29) is 12.3 Å². The average Bonchev–Trinajstić information content (AvgIpc) is 2.30. The smallest absolute Gasteiger partial charge is 0.269 e. The van der Waals surface area contributed by atoms with Crippen molar-refractivity contribution in [3.05, 3.63) is 39.9 Å². The van der Waals surface area contributed by atoms with Crippen molar-refractivity contribution in [2.45, 2.75) is 6.04 Å². The number of nitro groups is 1. The highest BCUT2D eigenvalue weighted by Crippen LogP contribution is 2.22. The summed E-state index contributed by atoms with van der Waals surface area (Å²) in [5.41, 5.74) is 0.512. The molecule has 0 aliphatic rings. The zero-order chi connectivity index (χ0) is 12.8. The van der Waals surface area contributed by atoms with Crippen molar-refractivity contribution in [3.8, 4) is 6.07 Å². The Labute approximate surface area is 98.9 Å². The van der Waals surface area contributed by atoms with Gasteiger partial charge in [-0.05, 0) is 12.6 Å². The number of nitrogens with zero attached hydrogens (tertiary/aromatic N) is 3. The van der Waals surface area contributed by atoms with E-state index in [2.05, 4.69) is 6.07 Å². The third kappa shape index (κ3) is 3.24. The minimum Gasteiger partial charge on any atom is -0.395 e. The van der Waals surface area contributed by atoms with Crippen molar-refractivity contribution < 1.29 is 10.0 Å². The van der Waals surface area contributed by atoms with Gasteiger partial charge >= 0.3 is 0 Å². The quantitative estimate of drug-likeness (QED) is 0.609. The van der Waals surface area contributed by atoms with Gasteiger partial charge in [0.05, 0.1) is 17.6 Å². The van der Waals surface area contributed by atoms with Crippen molar-refractivity contribution in [1.29, 1.82) is 5.26 Å². The normalized spacial score (nSPS) is 12.1. The summed E-state index contributed by atoms with van der Waals surface area (Å²) in [7, 11) is 1.68. The maximum atomic E-state index is 10.6. The Kier molecular flexibility index (Phi) is 4.57. The van der Waals surface area contributed by atoms with Gasteiger partial charge in [-0.2, -0.15) is 5.26 Å². The van der Waals surface area contributed by atoms with Gasteiger partial charge in [0, 0.05) is 18.7 Å². The molecular weight excluding hydrogens is 222 g/mol. The molecule has 0 aliphatic heterocycles. The molecular formula is C11H13N3O3. The lowest BCUT2D eigenvalue weighted by atomic mass is 10.1. The first-order chi connectivity index (χ1) is 8.10. The predicted octanol–water partition coefficient (Wildman–Crippen LogP) is 1.08. The molecule has 1 aromatic carbocycles. The van der Waals surface area contributed by atoms with Gasteiger partial charge in [-0.15, -0.1) is 0 Å². The fourth-order valence-corrected chi connectivity index (χ4v) is 1.52. The molecule has 0 heterocycles. The molecule has 0 bridgehead atoms. The van der Waals surface area contributed by atoms with Gasteiger partial charge in [-0.25, -0.2) is 0 Å². The Bertz CT molecular complexity index is 442. The van der Waals surface area contributed by atoms with E-state index < -0.39 is 11.0 Å². The van der Waals surface area contributed by atoms with E-state index in [4.69, 9.17) is 10.4 Å². The van der Waals surface area contributed by atoms with Gasteiger partial charge in [-0.3, -0.25) is 15.0 Å². The minimum atomic E-state index is -0.595. The SMILES string of the molecule is CN(CCO)C(C#N)c1cccc([N+](=O)[O-])c1. The van der Waals surface area contributed by atoms with Crippen LogP contribution in [0, 0.1) is 21.4 Å². The lowest BCUT2D eigenvalue weighted by molar-refractivity contribution is -0.384. The number of rotatable bonds is 5. The largest absolute Gasteiger partial charge is 0.395 e. The number of aliphatic hydroxyl groups excluding tert-OH is 1. The molecule has 1 unspecified atom stereocenters. The van der Waals surface area contributed by atoms with Crippen molar-refractivity contribution in [2.75, 3.05) is 20.2 Å². The van der Waals surface area contributed by atoms with E-state index in [9.17, 15) is 10.1 Å². The summed E-state index contributed by atoms with van der Waals surface area (Å²) in [5.74, 6) is 0. The molecule has 0 radical (unpaired) electrons. The van der Waals surface area contributed by atoms with Gasteiger partial charge in [0.15, 0.2) is 0 Å². The predicted molar refractivity (Wildman–Crippen MR) is 61.2 cm³/mol. The topological polar surface area (TPSA) is 90.4 Å². The van der Waals surface area contributed by atoms with Crippen molar-refractivity contribution in [3.63, 3.8) is 0 Å². The summed E-state index contributed by atoms with van der Waals surface area (Å²) >= 11 is 0. The van der Waals surface area contributed by atoms with Crippen LogP contribution in [0.5, 0.6) is 0 Å². The van der Waals surface area contributed by atoms with Crippen molar-refractivity contribution in [1.82, 2.24) is 4.90 Å². The minimum absolute atomic E-state index is 0.0415. The molecule has 6 nitrogen and oxygen atoms in total. The Morgan fingerprint density at radius 2 is 2.35 bits per heavy atom. The number of hydrogen-bond donors (Lipinski definition) is 1. The zero-order valence-corrected chi connectivity index (χ0v) is 9.41. The second kappa shape index (κ2) is 5.94. The number of aliphatic hydroxyl groups is 1. The molecule has 1 aromatic rings. The van der Waals surface area contributed by atoms with Crippen LogP contribution in [0.1, 0.15) is 11.6 Å². The fourth-order valence-electron chi connectivity index (χ4n) is 1.52. The van der Waals surface area contributed by atoms with Crippen LogP contribution in [-0.2, 0) is 0 Å². The maximum Gasteiger partial charge on any atom is 0.269 e. The standard InChI is InChI=1S/C11H13N3O3/c1-13(5-6-15)11(8-12)9-3-2-4-10(7-9)14(16)17/h2-4,7,11,15H,5-6H2,1H3. The summed E-state index contributed by atoms with van der Waals surface area (Å²) in [6, 6.07) is 7.43. The Balaban J connectivity index is 3.00. The van der Waals surface area contributed by atoms with Gasteiger partial charge in [0.25, 0.3) is 5.69 Å². The first kappa shape index (κ1) is 13.1. The van der Waals surface area contributed by atoms with Crippen LogP contribution < -0.4 is 0 Å². The van der Waals surface area contributed by atoms with E-state index in [0.29, 0.717) is 12.1 Å². The summed E-state index contributed by atoms with van der Waals surface area (Å²) in [4.78, 5) is 11.8. The van der Waals surface area contributed by atoms with Gasteiger partial charge < -0.3 is 5.11 Å². The molecule has 0 saturated heterocycles. The zero-order valence-electron chi connectivity index (χ0n) is 9.41. The molecule has 0 fully saturated rings. The number of hydrogen-bond acceptors (Lipinski definition) is 5. The van der Waals surface area contributed by atoms with Gasteiger partial charge in [0.2, 0.25) is 0 Å². The Hall–Kier alpha value is -1.97. The molecule has 0 aliphatic carbocycles. The van der Waals surface area contributed by atoms with Crippen LogP contribution in [0.2, 0.25) is 0 Å². The third-order valence-electron chi connectivity index (χ3n) is 2.41. The van der Waals surface area contributed by atoms with Gasteiger partial charge in [-0.1, -0.05) is 12.1 Å². The molecule has 90 valence electrons. The Morgan fingerprint density at radius 3 is 2.88 bits per heavy atom. The maximum absolute atomic E-state index is 10.6. The highest BCUT2D eigenvalue weighted by Gasteiger charge is 2.18. The monoisotopic (exact) mass is 235 g/mol. The van der Waals surface area contributed by atoms with Crippen LogP contribution in [0.15, 0.2) is 24.3 Å². The molecule has 1 N–H and O–H groups in total. The molecule has 0 saturated carbocycles. The van der Waals surface area contributed by atoms with E-state index in [0.717, 1.165) is 0 Å². The van der Waals surface area contributed by atoms with Crippen LogP contribution in [-0.4, -0.2) is 35.1 Å². The first-order valence-corrected chi connectivity index (χ1v) is 5.05. The van der Waals surface area contributed by atoms with Crippen LogP contribution >= 0.6 is 0 Å². The lowest BCUT2D eigenvalue weighted by Gasteiger charge is -2.21. The Morgan fingerprint density at radius 1 is 1.65 bits per heavy atom. The van der Waals surface area contributed by atoms with Crippen LogP contribution in [0.3, 0.4) is 0 Å². The van der Waals surface area contributed by atoms with Crippen molar-refractivity contribution in [2.24, 2.45) is 0 Å². The van der Waals surface area contributed by atoms with E-state index >= 15 is 0 Å². The number of likely N-dealkylation sites (N-methyl/N-ethyl adjacent to an activating group) is 1. The highest BCUT2D eigenvalue weighted by atomic mass is 16.6. The molecule has 1 atom stereocenters. The molecule has 0 aromatic heterocycles. The number of nitro benzene ring substituents is 1. The summed E-state index contributed by atoms with van der Waals surface area (Å²) in [5, 5.41) is 28.5. The molecule has 17 heavy (non-hydrogen) atoms. The van der Waals surface area contributed by atoms with Crippen molar-refractivity contribution >= 4 is 5.69 Å². The number of nitriles is 1. The summed E-state index contributed by atoms with van der Waals surface area (Å²) < 4.78 is 0. The van der Waals surface area contributed by atoms with Gasteiger partial charge in [0.1, 0.15) is 6.04 Å². The first-order valence-electron chi connectivity index (χ1n) is 5.05. The molecule has 6 heteroatoms. The average molecular weight is 235 g/mol. The number of benzene rings is 1. The molecule has 0 spiro atoms. The van der Waals surface area contributed by atoms with E-state index in [1.54, 1.807) is 24.1 Å². The number of non-ortho nitro benzene ring substituents is 1. The summed E-state index contributed by atoms with van der Waals surface area (Å²) in [6.07, 6.45) is 0. The lowest BCUT2D eigenvalue weighted by Crippen LogP contribution is -2.26. The second-order valence-corrected chi connectivity index (χ2v) is 3.59. The second-order valence-electron chi connectivity index (χ2n) is 3.59. The third-order valence-corrected chi connectivity index (χ3v) is 2.41. The van der Waals surface area contributed by atoms with Crippen LogP contribution in [0.4, 0.5) is 5.69 Å². The fraction of sp³-hybridized carbons (Fsp3) is 0.364. The molecule has 1 rings (SSSR count). The summed E-state index contributed by atoms with van der Waals surface area (Å²) in [6.45, 7) is 0.268. The van der Waals surface area contributed by atoms with Crippen LogP contribution in [0.25, 0.3) is 0 Å².